The number of ether oxygens (including phenoxy) is 1. The summed E-state index contributed by atoms with van der Waals surface area (Å²) in [5.74, 6) is -3.60. The number of rotatable bonds is 12. The number of halogens is 1. The Balaban J connectivity index is 2.67. The number of carboxylic acid groups (broad SMARTS) is 3. The molecular weight excluding hydrogens is 379 g/mol. The number of hydrogen-bond donors (Lipinski definition) is 5. The molecule has 0 aliphatic rings. The predicted octanol–water partition coefficient (Wildman–Crippen LogP) is 0.648. The van der Waals surface area contributed by atoms with Crippen LogP contribution in [0.4, 0.5) is 9.18 Å². The molecule has 5 N–H and O–H groups in total. The van der Waals surface area contributed by atoms with Gasteiger partial charge in [-0.05, 0) is 24.1 Å². The van der Waals surface area contributed by atoms with Crippen LogP contribution in [0.1, 0.15) is 18.4 Å². The Kier molecular flexibility index (Phi) is 9.20. The van der Waals surface area contributed by atoms with Gasteiger partial charge in [0.25, 0.3) is 0 Å². The zero-order chi connectivity index (χ0) is 21.1. The molecule has 0 unspecified atom stereocenters. The lowest BCUT2D eigenvalue weighted by Crippen LogP contribution is -2.51. The Labute approximate surface area is 159 Å². The number of amides is 2. The average molecular weight is 400 g/mol. The number of hydrogen-bond acceptors (Lipinski definition) is 5. The van der Waals surface area contributed by atoms with Gasteiger partial charge in [-0.25, -0.2) is 18.8 Å². The number of alkyl halides is 1. The minimum Gasteiger partial charge on any atom is -0.491 e. The molecule has 0 saturated carbocycles. The number of carbonyl (C=O) groups is 4. The Morgan fingerprint density at radius 3 is 2.04 bits per heavy atom. The summed E-state index contributed by atoms with van der Waals surface area (Å²) in [6.07, 6.45) is -0.925. The monoisotopic (exact) mass is 400 g/mol. The lowest BCUT2D eigenvalue weighted by Gasteiger charge is -2.18. The molecule has 0 saturated heterocycles. The van der Waals surface area contributed by atoms with Crippen LogP contribution in [0.3, 0.4) is 0 Å². The van der Waals surface area contributed by atoms with Crippen LogP contribution in [0.15, 0.2) is 24.3 Å². The molecule has 2 amide bonds. The molecule has 1 rings (SSSR count). The SMILES string of the molecule is O=C(O)CC[C@H](NC(=O)N[C@@H](Cc1ccc(OCCF)cc1)C(=O)O)C(=O)O. The average Bonchev–Trinajstić information content (AvgIpc) is 2.63. The normalized spacial score (nSPS) is 12.5. The minimum absolute atomic E-state index is 0.0982. The first-order valence-corrected chi connectivity index (χ1v) is 8.25. The molecule has 154 valence electrons. The molecule has 10 nitrogen and oxygen atoms in total. The number of aliphatic carboxylic acids is 3. The van der Waals surface area contributed by atoms with Crippen molar-refractivity contribution in [3.63, 3.8) is 0 Å². The quantitative estimate of drug-likeness (QED) is 0.341. The van der Waals surface area contributed by atoms with Crippen LogP contribution in [0.5, 0.6) is 5.75 Å². The van der Waals surface area contributed by atoms with Crippen LogP contribution in [0.2, 0.25) is 0 Å². The molecule has 0 spiro atoms. The highest BCUT2D eigenvalue weighted by atomic mass is 19.1. The molecule has 0 fully saturated rings. The molecule has 1 aromatic carbocycles. The van der Waals surface area contributed by atoms with E-state index >= 15 is 0 Å². The summed E-state index contributed by atoms with van der Waals surface area (Å²) in [4.78, 5) is 44.9. The number of carboxylic acids is 3. The topological polar surface area (TPSA) is 162 Å². The van der Waals surface area contributed by atoms with Gasteiger partial charge in [0, 0.05) is 12.8 Å². The van der Waals surface area contributed by atoms with Gasteiger partial charge < -0.3 is 30.7 Å². The van der Waals surface area contributed by atoms with Crippen molar-refractivity contribution in [1.29, 1.82) is 0 Å². The molecule has 28 heavy (non-hydrogen) atoms. The standard InChI is InChI=1S/C17H21FN2O8/c18-7-8-28-11-3-1-10(2-4-11)9-13(16(25)26)20-17(27)19-12(15(23)24)5-6-14(21)22/h1-4,12-13H,5-9H2,(H,21,22)(H,23,24)(H,25,26)(H2,19,20,27)/t12-,13-/m0/s1. The molecule has 0 heterocycles. The molecule has 0 aliphatic heterocycles. The molecule has 0 aromatic heterocycles. The predicted molar refractivity (Wildman–Crippen MR) is 93.0 cm³/mol. The van der Waals surface area contributed by atoms with Crippen molar-refractivity contribution >= 4 is 23.9 Å². The fourth-order valence-corrected chi connectivity index (χ4v) is 2.20. The van der Waals surface area contributed by atoms with Crippen molar-refractivity contribution in [2.45, 2.75) is 31.3 Å². The fraction of sp³-hybridized carbons (Fsp3) is 0.412. The smallest absolute Gasteiger partial charge is 0.326 e. The third-order valence-corrected chi connectivity index (χ3v) is 3.56. The van der Waals surface area contributed by atoms with Crippen LogP contribution < -0.4 is 15.4 Å². The maximum absolute atomic E-state index is 12.1. The van der Waals surface area contributed by atoms with E-state index in [4.69, 9.17) is 14.9 Å². The van der Waals surface area contributed by atoms with E-state index in [2.05, 4.69) is 5.32 Å². The number of carbonyl (C=O) groups excluding carboxylic acids is 1. The summed E-state index contributed by atoms with van der Waals surface area (Å²) >= 11 is 0. The molecule has 0 aliphatic carbocycles. The Morgan fingerprint density at radius 1 is 0.964 bits per heavy atom. The Bertz CT molecular complexity index is 695. The van der Waals surface area contributed by atoms with Gasteiger partial charge in [0.05, 0.1) is 0 Å². The number of urea groups is 1. The Morgan fingerprint density at radius 2 is 1.54 bits per heavy atom. The van der Waals surface area contributed by atoms with Gasteiger partial charge in [0.1, 0.15) is 31.1 Å². The van der Waals surface area contributed by atoms with Gasteiger partial charge in [0.15, 0.2) is 0 Å². The van der Waals surface area contributed by atoms with E-state index in [1.807, 2.05) is 5.32 Å². The molecular formula is C17H21FN2O8. The molecule has 0 bridgehead atoms. The van der Waals surface area contributed by atoms with Crippen molar-refractivity contribution in [3.05, 3.63) is 29.8 Å². The van der Waals surface area contributed by atoms with Crippen molar-refractivity contribution in [2.24, 2.45) is 0 Å². The Hall–Kier alpha value is -3.37. The second-order valence-corrected chi connectivity index (χ2v) is 5.72. The second-order valence-electron chi connectivity index (χ2n) is 5.72. The maximum Gasteiger partial charge on any atom is 0.326 e. The largest absolute Gasteiger partial charge is 0.491 e. The van der Waals surface area contributed by atoms with E-state index in [1.165, 1.54) is 12.1 Å². The van der Waals surface area contributed by atoms with E-state index in [0.29, 0.717) is 11.3 Å². The first-order valence-electron chi connectivity index (χ1n) is 8.25. The number of benzene rings is 1. The first kappa shape index (κ1) is 22.7. The van der Waals surface area contributed by atoms with Crippen molar-refractivity contribution in [3.8, 4) is 5.75 Å². The van der Waals surface area contributed by atoms with Crippen LogP contribution in [0.25, 0.3) is 0 Å². The van der Waals surface area contributed by atoms with E-state index in [9.17, 15) is 28.7 Å². The second kappa shape index (κ2) is 11.4. The zero-order valence-corrected chi connectivity index (χ0v) is 14.8. The molecule has 2 atom stereocenters. The van der Waals surface area contributed by atoms with Gasteiger partial charge in [-0.3, -0.25) is 4.79 Å². The summed E-state index contributed by atoms with van der Waals surface area (Å²) in [6.45, 7) is -0.753. The summed E-state index contributed by atoms with van der Waals surface area (Å²) in [7, 11) is 0. The molecule has 0 radical (unpaired) electrons. The highest BCUT2D eigenvalue weighted by Gasteiger charge is 2.25. The number of nitrogens with one attached hydrogen (secondary N) is 2. The minimum atomic E-state index is -1.47. The first-order chi connectivity index (χ1) is 13.2. The van der Waals surface area contributed by atoms with Crippen LogP contribution in [-0.2, 0) is 20.8 Å². The van der Waals surface area contributed by atoms with Crippen molar-refractivity contribution in [2.75, 3.05) is 13.3 Å². The van der Waals surface area contributed by atoms with Crippen LogP contribution in [-0.4, -0.2) is 64.6 Å². The van der Waals surface area contributed by atoms with E-state index in [1.54, 1.807) is 12.1 Å². The van der Waals surface area contributed by atoms with E-state index in [-0.39, 0.29) is 19.4 Å². The van der Waals surface area contributed by atoms with Crippen molar-refractivity contribution in [1.82, 2.24) is 10.6 Å². The van der Waals surface area contributed by atoms with Crippen LogP contribution in [0, 0.1) is 0 Å². The highest BCUT2D eigenvalue weighted by Crippen LogP contribution is 2.13. The zero-order valence-electron chi connectivity index (χ0n) is 14.8. The lowest BCUT2D eigenvalue weighted by molar-refractivity contribution is -0.140. The van der Waals surface area contributed by atoms with E-state index in [0.717, 1.165) is 0 Å². The highest BCUT2D eigenvalue weighted by molar-refractivity contribution is 5.86. The third-order valence-electron chi connectivity index (χ3n) is 3.56. The van der Waals surface area contributed by atoms with Gasteiger partial charge in [-0.15, -0.1) is 0 Å². The summed E-state index contributed by atoms with van der Waals surface area (Å²) < 4.78 is 17.1. The van der Waals surface area contributed by atoms with E-state index < -0.39 is 49.1 Å². The summed E-state index contributed by atoms with van der Waals surface area (Å²) in [5.41, 5.74) is 0.543. The van der Waals surface area contributed by atoms with Crippen LogP contribution >= 0.6 is 0 Å². The molecule has 11 heteroatoms. The van der Waals surface area contributed by atoms with Gasteiger partial charge in [-0.1, -0.05) is 12.1 Å². The third kappa shape index (κ3) is 8.34. The van der Waals surface area contributed by atoms with Gasteiger partial charge >= 0.3 is 23.9 Å². The van der Waals surface area contributed by atoms with Gasteiger partial charge in [-0.2, -0.15) is 0 Å². The summed E-state index contributed by atoms with van der Waals surface area (Å²) in [6, 6.07) is 2.27. The fourth-order valence-electron chi connectivity index (χ4n) is 2.20. The lowest BCUT2D eigenvalue weighted by atomic mass is 10.1. The van der Waals surface area contributed by atoms with Gasteiger partial charge in [0.2, 0.25) is 0 Å². The van der Waals surface area contributed by atoms with Crippen molar-refractivity contribution < 1.29 is 43.6 Å². The maximum atomic E-state index is 12.1. The molecule has 1 aromatic rings. The summed E-state index contributed by atoms with van der Waals surface area (Å²) in [5, 5.41) is 31.1.